The van der Waals surface area contributed by atoms with Crippen molar-refractivity contribution in [3.05, 3.63) is 30.3 Å². The van der Waals surface area contributed by atoms with Gasteiger partial charge < -0.3 is 15.5 Å². The third-order valence-corrected chi connectivity index (χ3v) is 4.39. The Hall–Kier alpha value is -3.01. The summed E-state index contributed by atoms with van der Waals surface area (Å²) in [6, 6.07) is 9.27. The molecule has 1 aromatic carbocycles. The molecule has 3 rings (SSSR count). The molecule has 0 radical (unpaired) electrons. The van der Waals surface area contributed by atoms with Crippen molar-refractivity contribution in [1.29, 1.82) is 0 Å². The summed E-state index contributed by atoms with van der Waals surface area (Å²) in [6.45, 7) is 0.870. The Bertz CT molecular complexity index is 780. The van der Waals surface area contributed by atoms with Gasteiger partial charge in [0.25, 0.3) is 0 Å². The summed E-state index contributed by atoms with van der Waals surface area (Å²) in [5.41, 5.74) is 6.16. The Labute approximate surface area is 161 Å². The van der Waals surface area contributed by atoms with Crippen molar-refractivity contribution in [2.24, 2.45) is 11.7 Å². The van der Waals surface area contributed by atoms with Crippen LogP contribution in [0.2, 0.25) is 0 Å². The summed E-state index contributed by atoms with van der Waals surface area (Å²) in [5, 5.41) is 3.15. The highest BCUT2D eigenvalue weighted by atomic mass is 32.1. The molecule has 10 heteroatoms. The van der Waals surface area contributed by atoms with Gasteiger partial charge in [0.2, 0.25) is 17.4 Å². The molecule has 0 spiro atoms. The van der Waals surface area contributed by atoms with Crippen molar-refractivity contribution in [3.8, 4) is 11.4 Å². The molecule has 3 N–H and O–H groups in total. The molecular weight excluding hydrogens is 368 g/mol. The van der Waals surface area contributed by atoms with Crippen LogP contribution in [0, 0.1) is 5.92 Å². The zero-order chi connectivity index (χ0) is 19.8. The first-order valence-corrected chi connectivity index (χ1v) is 9.04. The molecule has 1 aromatic heterocycles. The lowest BCUT2D eigenvalue weighted by molar-refractivity contribution is -0.121. The molecule has 2 heterocycles. The summed E-state index contributed by atoms with van der Waals surface area (Å²) >= 11 is 1.13. The van der Waals surface area contributed by atoms with E-state index in [4.69, 9.17) is 5.73 Å². The molecule has 27 heavy (non-hydrogen) atoms. The topological polar surface area (TPSA) is 122 Å². The number of hydrogen-bond acceptors (Lipinski definition) is 6. The molecule has 1 aliphatic rings. The van der Waals surface area contributed by atoms with Crippen LogP contribution in [0.1, 0.15) is 6.42 Å². The fourth-order valence-corrected chi connectivity index (χ4v) is 2.91. The van der Waals surface area contributed by atoms with Gasteiger partial charge in [-0.2, -0.15) is 9.36 Å². The maximum absolute atomic E-state index is 12.1. The van der Waals surface area contributed by atoms with E-state index in [1.807, 2.05) is 30.3 Å². The van der Waals surface area contributed by atoms with E-state index in [1.54, 1.807) is 19.0 Å². The van der Waals surface area contributed by atoms with Gasteiger partial charge in [-0.05, 0) is 6.42 Å². The average Bonchev–Trinajstić information content (AvgIpc) is 3.32. The molecule has 1 aliphatic heterocycles. The van der Waals surface area contributed by atoms with Crippen molar-refractivity contribution < 1.29 is 14.4 Å². The van der Waals surface area contributed by atoms with Crippen LogP contribution < -0.4 is 11.1 Å². The third kappa shape index (κ3) is 6.03. The molecule has 2 aromatic rings. The minimum atomic E-state index is -0.363. The van der Waals surface area contributed by atoms with Gasteiger partial charge in [0.1, 0.15) is 0 Å². The molecule has 1 fully saturated rings. The Balaban J connectivity index is 0.000000465. The highest BCUT2D eigenvalue weighted by Gasteiger charge is 2.30. The Morgan fingerprint density at radius 2 is 2.00 bits per heavy atom. The van der Waals surface area contributed by atoms with Gasteiger partial charge in [-0.1, -0.05) is 30.3 Å². The van der Waals surface area contributed by atoms with E-state index in [-0.39, 0.29) is 17.9 Å². The number of nitrogens with one attached hydrogen (secondary N) is 1. The lowest BCUT2D eigenvalue weighted by Gasteiger charge is -2.15. The number of carbonyl (C=O) groups excluding carboxylic acids is 3. The predicted octanol–water partition coefficient (Wildman–Crippen LogP) is 1.25. The van der Waals surface area contributed by atoms with Gasteiger partial charge in [0, 0.05) is 44.3 Å². The second kappa shape index (κ2) is 9.62. The Morgan fingerprint density at radius 1 is 1.33 bits per heavy atom. The quantitative estimate of drug-likeness (QED) is 0.761. The van der Waals surface area contributed by atoms with Crippen LogP contribution in [0.5, 0.6) is 0 Å². The van der Waals surface area contributed by atoms with Crippen LogP contribution in [0.3, 0.4) is 0 Å². The number of rotatable bonds is 4. The number of primary amides is 1. The molecule has 0 saturated carbocycles. The fourth-order valence-electron chi connectivity index (χ4n) is 2.33. The van der Waals surface area contributed by atoms with Crippen molar-refractivity contribution in [3.63, 3.8) is 0 Å². The van der Waals surface area contributed by atoms with Crippen molar-refractivity contribution in [2.75, 3.05) is 32.5 Å². The van der Waals surface area contributed by atoms with E-state index in [0.717, 1.165) is 23.5 Å². The largest absolute Gasteiger partial charge is 0.369 e. The average molecular weight is 390 g/mol. The summed E-state index contributed by atoms with van der Waals surface area (Å²) in [6.07, 6.45) is 1.36. The van der Waals surface area contributed by atoms with Crippen LogP contribution in [-0.4, -0.2) is 64.7 Å². The summed E-state index contributed by atoms with van der Waals surface area (Å²) in [5.74, 6) is -0.0463. The van der Waals surface area contributed by atoms with E-state index in [2.05, 4.69) is 14.7 Å². The van der Waals surface area contributed by atoms with Gasteiger partial charge in [-0.15, -0.1) is 0 Å². The Morgan fingerprint density at radius 3 is 2.56 bits per heavy atom. The molecule has 9 nitrogen and oxygen atoms in total. The standard InChI is InChI=1S/C14H15N5O2S.C3H7NO/c15-11(20)10-6-7-19(8-10)14(21)17-13-16-12(18-22-13)9-4-2-1-3-5-9;1-4(2)3-5/h1-5,10H,6-8H2,(H2,15,20)(H,16,17,18,21);3H,1-2H3. The van der Waals surface area contributed by atoms with E-state index in [0.29, 0.717) is 30.5 Å². The molecule has 1 unspecified atom stereocenters. The number of urea groups is 1. The number of nitrogens with zero attached hydrogens (tertiary/aromatic N) is 4. The zero-order valence-corrected chi connectivity index (χ0v) is 16.0. The number of anilines is 1. The van der Waals surface area contributed by atoms with Crippen LogP contribution >= 0.6 is 11.5 Å². The minimum Gasteiger partial charge on any atom is -0.369 e. The van der Waals surface area contributed by atoms with Gasteiger partial charge in [-0.25, -0.2) is 4.79 Å². The number of nitrogens with two attached hydrogens (primary N) is 1. The van der Waals surface area contributed by atoms with Crippen LogP contribution in [0.25, 0.3) is 11.4 Å². The molecule has 1 atom stereocenters. The maximum atomic E-state index is 12.1. The lowest BCUT2D eigenvalue weighted by Crippen LogP contribution is -2.34. The number of amides is 4. The molecule has 144 valence electrons. The van der Waals surface area contributed by atoms with Gasteiger partial charge in [0.05, 0.1) is 5.92 Å². The number of likely N-dealkylation sites (tertiary alicyclic amines) is 1. The first-order chi connectivity index (χ1) is 12.9. The minimum absolute atomic E-state index is 0.264. The Kier molecular flexibility index (Phi) is 7.24. The number of hydrogen-bond donors (Lipinski definition) is 2. The fraction of sp³-hybridized carbons (Fsp3) is 0.353. The van der Waals surface area contributed by atoms with Crippen LogP contribution in [-0.2, 0) is 9.59 Å². The zero-order valence-electron chi connectivity index (χ0n) is 15.2. The van der Waals surface area contributed by atoms with Crippen LogP contribution in [0.15, 0.2) is 30.3 Å². The number of aromatic nitrogens is 2. The molecular formula is C17H22N6O3S. The first kappa shape index (κ1) is 20.3. The maximum Gasteiger partial charge on any atom is 0.323 e. The van der Waals surface area contributed by atoms with Crippen molar-refractivity contribution in [1.82, 2.24) is 19.2 Å². The lowest BCUT2D eigenvalue weighted by atomic mass is 10.1. The van der Waals surface area contributed by atoms with E-state index in [1.165, 1.54) is 4.90 Å². The molecule has 0 aliphatic carbocycles. The van der Waals surface area contributed by atoms with E-state index in [9.17, 15) is 14.4 Å². The summed E-state index contributed by atoms with van der Waals surface area (Å²) < 4.78 is 4.23. The summed E-state index contributed by atoms with van der Waals surface area (Å²) in [4.78, 5) is 40.0. The molecule has 4 amide bonds. The number of benzene rings is 1. The van der Waals surface area contributed by atoms with E-state index < -0.39 is 0 Å². The number of carbonyl (C=O) groups is 3. The second-order valence-electron chi connectivity index (χ2n) is 6.12. The van der Waals surface area contributed by atoms with Crippen molar-refractivity contribution in [2.45, 2.75) is 6.42 Å². The van der Waals surface area contributed by atoms with E-state index >= 15 is 0 Å². The summed E-state index contributed by atoms with van der Waals surface area (Å²) in [7, 11) is 3.38. The predicted molar refractivity (Wildman–Crippen MR) is 103 cm³/mol. The van der Waals surface area contributed by atoms with Gasteiger partial charge >= 0.3 is 6.03 Å². The van der Waals surface area contributed by atoms with Crippen molar-refractivity contribution >= 4 is 35.0 Å². The molecule has 1 saturated heterocycles. The SMILES string of the molecule is CN(C)C=O.NC(=O)C1CCN(C(=O)Nc2nc(-c3ccccc3)ns2)C1. The van der Waals surface area contributed by atoms with Gasteiger partial charge in [-0.3, -0.25) is 14.9 Å². The molecule has 0 bridgehead atoms. The highest BCUT2D eigenvalue weighted by molar-refractivity contribution is 7.10. The van der Waals surface area contributed by atoms with Gasteiger partial charge in [0.15, 0.2) is 5.82 Å². The second-order valence-corrected chi connectivity index (χ2v) is 6.87. The normalized spacial score (nSPS) is 15.5. The smallest absolute Gasteiger partial charge is 0.323 e. The third-order valence-electron chi connectivity index (χ3n) is 3.76. The highest BCUT2D eigenvalue weighted by Crippen LogP contribution is 2.22. The first-order valence-electron chi connectivity index (χ1n) is 8.26. The van der Waals surface area contributed by atoms with Crippen LogP contribution in [0.4, 0.5) is 9.93 Å². The monoisotopic (exact) mass is 390 g/mol.